The molecule has 0 amide bonds. The zero-order chi connectivity index (χ0) is 23.7. The zero-order valence-electron chi connectivity index (χ0n) is 18.0. The van der Waals surface area contributed by atoms with Crippen molar-refractivity contribution in [3.05, 3.63) is 63.5 Å². The molecule has 2 N–H and O–H groups in total. The van der Waals surface area contributed by atoms with Gasteiger partial charge < -0.3 is 19.7 Å². The predicted octanol–water partition coefficient (Wildman–Crippen LogP) is 4.80. The summed E-state index contributed by atoms with van der Waals surface area (Å²) in [7, 11) is 1.27. The van der Waals surface area contributed by atoms with Crippen molar-refractivity contribution in [2.24, 2.45) is 0 Å². The van der Waals surface area contributed by atoms with E-state index in [0.29, 0.717) is 28.5 Å². The minimum absolute atomic E-state index is 0.0634. The van der Waals surface area contributed by atoms with Crippen LogP contribution in [0.25, 0.3) is 15.7 Å². The van der Waals surface area contributed by atoms with E-state index in [9.17, 15) is 19.8 Å². The van der Waals surface area contributed by atoms with Gasteiger partial charge in [0, 0.05) is 5.56 Å². The number of carbonyl (C=O) groups excluding carboxylic acids is 2. The number of ether oxygens (including phenoxy) is 2. The van der Waals surface area contributed by atoms with Crippen LogP contribution in [0.4, 0.5) is 0 Å². The Bertz CT molecular complexity index is 1320. The molecule has 4 rings (SSSR count). The molecule has 0 radical (unpaired) electrons. The van der Waals surface area contributed by atoms with Gasteiger partial charge in [0.25, 0.3) is 0 Å². The van der Waals surface area contributed by atoms with Crippen molar-refractivity contribution in [3.63, 3.8) is 0 Å². The second-order valence-corrected chi connectivity index (χ2v) is 8.82. The van der Waals surface area contributed by atoms with Gasteiger partial charge in [0.1, 0.15) is 10.6 Å². The van der Waals surface area contributed by atoms with Crippen LogP contribution in [0.1, 0.15) is 38.2 Å². The van der Waals surface area contributed by atoms with E-state index >= 15 is 0 Å². The number of aromatic hydroxyl groups is 2. The highest BCUT2D eigenvalue weighted by atomic mass is 32.1. The average Bonchev–Trinajstić information content (AvgIpc) is 3.53. The number of aryl methyl sites for hydroxylation is 1. The third-order valence-corrected chi connectivity index (χ3v) is 6.88. The Hall–Kier alpha value is -3.63. The molecule has 170 valence electrons. The lowest BCUT2D eigenvalue weighted by Crippen LogP contribution is -2.04. The van der Waals surface area contributed by atoms with Gasteiger partial charge in [-0.15, -0.1) is 11.3 Å². The van der Waals surface area contributed by atoms with Gasteiger partial charge >= 0.3 is 5.97 Å². The van der Waals surface area contributed by atoms with Crippen molar-refractivity contribution >= 4 is 34.4 Å². The number of hydrogen-bond donors (Lipinski definition) is 2. The van der Waals surface area contributed by atoms with Crippen LogP contribution in [0.5, 0.6) is 17.4 Å². The Kier molecular flexibility index (Phi) is 6.21. The third kappa shape index (κ3) is 3.98. The first-order chi connectivity index (χ1) is 15.9. The normalized spacial score (nSPS) is 10.9. The molecular weight excluding hydrogens is 464 g/mol. The summed E-state index contributed by atoms with van der Waals surface area (Å²) in [5, 5.41) is 23.7. The molecule has 0 atom stereocenters. The van der Waals surface area contributed by atoms with Crippen LogP contribution in [0.15, 0.2) is 41.8 Å². The summed E-state index contributed by atoms with van der Waals surface area (Å²) in [6.07, 6.45) is 0. The topological polar surface area (TPSA) is 111 Å². The Morgan fingerprint density at radius 1 is 1.15 bits per heavy atom. The highest BCUT2D eigenvalue weighted by Gasteiger charge is 2.32. The minimum Gasteiger partial charge on any atom is -0.503 e. The minimum atomic E-state index is -0.565. The number of hydrogen-bond acceptors (Lipinski definition) is 9. The van der Waals surface area contributed by atoms with E-state index in [-0.39, 0.29) is 21.3 Å². The molecule has 0 fully saturated rings. The van der Waals surface area contributed by atoms with Gasteiger partial charge in [-0.2, -0.15) is 0 Å². The fourth-order valence-electron chi connectivity index (χ4n) is 3.37. The number of thiazole rings is 1. The number of rotatable bonds is 7. The number of thiophene rings is 1. The predicted molar refractivity (Wildman–Crippen MR) is 125 cm³/mol. The highest BCUT2D eigenvalue weighted by molar-refractivity contribution is 7.16. The van der Waals surface area contributed by atoms with Gasteiger partial charge in [0.15, 0.2) is 16.7 Å². The Labute approximate surface area is 197 Å². The molecule has 0 spiro atoms. The van der Waals surface area contributed by atoms with Crippen LogP contribution in [0.2, 0.25) is 0 Å². The van der Waals surface area contributed by atoms with Crippen molar-refractivity contribution < 1.29 is 29.3 Å². The van der Waals surface area contributed by atoms with E-state index in [4.69, 9.17) is 9.47 Å². The molecule has 0 saturated carbocycles. The lowest BCUT2D eigenvalue weighted by atomic mass is 10.0. The molecule has 0 aliphatic rings. The molecule has 1 aromatic carbocycles. The first-order valence-corrected chi connectivity index (χ1v) is 11.6. The molecule has 0 unspecified atom stereocenters. The molecule has 3 aromatic heterocycles. The number of nitrogens with zero attached hydrogens (tertiary/aromatic N) is 2. The molecular formula is C23H20N2O6S2. The third-order valence-electron chi connectivity index (χ3n) is 4.88. The summed E-state index contributed by atoms with van der Waals surface area (Å²) in [6, 6.07) is 10.1. The summed E-state index contributed by atoms with van der Waals surface area (Å²) >= 11 is 2.33. The maximum atomic E-state index is 13.5. The van der Waals surface area contributed by atoms with E-state index in [1.54, 1.807) is 43.3 Å². The largest absolute Gasteiger partial charge is 0.503 e. The van der Waals surface area contributed by atoms with E-state index in [1.165, 1.54) is 23.0 Å². The summed E-state index contributed by atoms with van der Waals surface area (Å²) in [4.78, 5) is 30.8. The van der Waals surface area contributed by atoms with Gasteiger partial charge in [0.05, 0.1) is 35.5 Å². The summed E-state index contributed by atoms with van der Waals surface area (Å²) < 4.78 is 11.5. The maximum absolute atomic E-state index is 13.5. The van der Waals surface area contributed by atoms with Crippen molar-refractivity contribution in [2.75, 3.05) is 13.7 Å². The van der Waals surface area contributed by atoms with Crippen molar-refractivity contribution in [1.29, 1.82) is 0 Å². The summed E-state index contributed by atoms with van der Waals surface area (Å²) in [5.41, 5.74) is 0.941. The SMILES string of the molecule is CCOc1ccc(C(=O)c2c(O)c(O)n(-c3nc(C)c(C(=O)OC)s3)c2-c2cccs2)cc1. The molecule has 3 heterocycles. The van der Waals surface area contributed by atoms with Gasteiger partial charge in [-0.1, -0.05) is 17.4 Å². The van der Waals surface area contributed by atoms with Gasteiger partial charge in [0.2, 0.25) is 5.88 Å². The fourth-order valence-corrected chi connectivity index (χ4v) is 5.13. The lowest BCUT2D eigenvalue weighted by molar-refractivity contribution is 0.0605. The van der Waals surface area contributed by atoms with Crippen molar-refractivity contribution in [3.8, 4) is 33.1 Å². The second-order valence-electron chi connectivity index (χ2n) is 6.90. The van der Waals surface area contributed by atoms with Gasteiger partial charge in [-0.3, -0.25) is 9.36 Å². The zero-order valence-corrected chi connectivity index (χ0v) is 19.6. The molecule has 0 saturated heterocycles. The quantitative estimate of drug-likeness (QED) is 0.286. The fraction of sp³-hybridized carbons (Fsp3) is 0.174. The average molecular weight is 485 g/mol. The molecule has 4 aromatic rings. The van der Waals surface area contributed by atoms with E-state index in [1.807, 2.05) is 12.3 Å². The number of ketones is 1. The molecule has 8 nitrogen and oxygen atoms in total. The maximum Gasteiger partial charge on any atom is 0.350 e. The van der Waals surface area contributed by atoms with Crippen LogP contribution in [0, 0.1) is 6.92 Å². The molecule has 0 bridgehead atoms. The summed E-state index contributed by atoms with van der Waals surface area (Å²) in [5.74, 6) is -1.53. The Morgan fingerprint density at radius 3 is 2.48 bits per heavy atom. The standard InChI is InChI=1S/C23H20N2O6S2/c1-4-31-14-9-7-13(8-10-14)18(26)16-17(15-6-5-11-32-15)25(21(28)19(16)27)23-24-12(2)20(33-23)22(29)30-3/h5-11,27-28H,4H2,1-3H3. The van der Waals surface area contributed by atoms with Crippen LogP contribution in [0.3, 0.4) is 0 Å². The van der Waals surface area contributed by atoms with Crippen LogP contribution in [-0.2, 0) is 4.74 Å². The number of benzene rings is 1. The van der Waals surface area contributed by atoms with Crippen LogP contribution in [-0.4, -0.2) is 45.2 Å². The number of esters is 1. The van der Waals surface area contributed by atoms with E-state index in [2.05, 4.69) is 4.98 Å². The van der Waals surface area contributed by atoms with Crippen molar-refractivity contribution in [1.82, 2.24) is 9.55 Å². The first-order valence-electron chi connectivity index (χ1n) is 9.91. The number of carbonyl (C=O) groups is 2. The van der Waals surface area contributed by atoms with Gasteiger partial charge in [-0.25, -0.2) is 9.78 Å². The van der Waals surface area contributed by atoms with E-state index in [0.717, 1.165) is 11.3 Å². The smallest absolute Gasteiger partial charge is 0.350 e. The van der Waals surface area contributed by atoms with Crippen LogP contribution < -0.4 is 4.74 Å². The van der Waals surface area contributed by atoms with Gasteiger partial charge in [-0.05, 0) is 49.6 Å². The monoisotopic (exact) mass is 484 g/mol. The number of methoxy groups -OCH3 is 1. The number of aromatic nitrogens is 2. The first kappa shape index (κ1) is 22.6. The molecule has 0 aliphatic carbocycles. The molecule has 33 heavy (non-hydrogen) atoms. The highest BCUT2D eigenvalue weighted by Crippen LogP contribution is 2.46. The van der Waals surface area contributed by atoms with E-state index < -0.39 is 23.4 Å². The van der Waals surface area contributed by atoms with Crippen LogP contribution >= 0.6 is 22.7 Å². The lowest BCUT2D eigenvalue weighted by Gasteiger charge is -2.08. The molecule has 0 aliphatic heterocycles. The second kappa shape index (κ2) is 9.08. The van der Waals surface area contributed by atoms with Crippen molar-refractivity contribution in [2.45, 2.75) is 13.8 Å². The summed E-state index contributed by atoms with van der Waals surface area (Å²) in [6.45, 7) is 4.00. The molecule has 10 heteroatoms. The Morgan fingerprint density at radius 2 is 1.88 bits per heavy atom. The Balaban J connectivity index is 1.91.